The lowest BCUT2D eigenvalue weighted by Crippen LogP contribution is -2.36. The summed E-state index contributed by atoms with van der Waals surface area (Å²) in [6, 6.07) is 8.00. The Morgan fingerprint density at radius 3 is 2.80 bits per heavy atom. The van der Waals surface area contributed by atoms with Crippen molar-refractivity contribution in [3.05, 3.63) is 30.5 Å². The summed E-state index contributed by atoms with van der Waals surface area (Å²) in [5.41, 5.74) is 2.00. The molecule has 0 aliphatic carbocycles. The van der Waals surface area contributed by atoms with Crippen LogP contribution in [-0.4, -0.2) is 36.4 Å². The van der Waals surface area contributed by atoms with E-state index >= 15 is 0 Å². The Morgan fingerprint density at radius 1 is 1.30 bits per heavy atom. The molecule has 0 amide bonds. The summed E-state index contributed by atoms with van der Waals surface area (Å²) in [6.07, 6.45) is 3.45. The van der Waals surface area contributed by atoms with Gasteiger partial charge in [-0.25, -0.2) is 0 Å². The highest BCUT2D eigenvalue weighted by atomic mass is 16.5. The smallest absolute Gasteiger partial charge is 0.308 e. The molecule has 1 aromatic carbocycles. The van der Waals surface area contributed by atoms with Gasteiger partial charge in [-0.1, -0.05) is 18.2 Å². The Bertz CT molecular complexity index is 616. The van der Waals surface area contributed by atoms with E-state index < -0.39 is 0 Å². The molecule has 2 heterocycles. The van der Waals surface area contributed by atoms with Crippen molar-refractivity contribution in [1.82, 2.24) is 10.2 Å². The van der Waals surface area contributed by atoms with Crippen LogP contribution in [0.3, 0.4) is 0 Å². The normalized spacial score (nSPS) is 16.4. The number of fused-ring (bicyclic) bond motifs is 1. The number of methoxy groups -OCH3 is 1. The van der Waals surface area contributed by atoms with E-state index in [0.717, 1.165) is 42.5 Å². The zero-order valence-electron chi connectivity index (χ0n) is 11.5. The van der Waals surface area contributed by atoms with Gasteiger partial charge in [0.1, 0.15) is 0 Å². The first kappa shape index (κ1) is 12.8. The quantitative estimate of drug-likeness (QED) is 0.782. The lowest BCUT2D eigenvalue weighted by Gasteiger charge is -2.32. The number of benzene rings is 1. The number of hydrogen-bond donors (Lipinski definition) is 0. The van der Waals surface area contributed by atoms with Gasteiger partial charge in [0.2, 0.25) is 0 Å². The molecule has 5 nitrogen and oxygen atoms in total. The maximum Gasteiger partial charge on any atom is 0.308 e. The minimum Gasteiger partial charge on any atom is -0.469 e. The number of piperidine rings is 1. The second kappa shape index (κ2) is 5.45. The molecule has 0 N–H and O–H groups in total. The zero-order chi connectivity index (χ0) is 13.9. The molecule has 0 unspecified atom stereocenters. The number of hydrogen-bond acceptors (Lipinski definition) is 5. The second-order valence-corrected chi connectivity index (χ2v) is 5.03. The number of carbonyl (C=O) groups is 1. The van der Waals surface area contributed by atoms with Gasteiger partial charge in [0.15, 0.2) is 0 Å². The molecule has 3 rings (SSSR count). The van der Waals surface area contributed by atoms with Crippen molar-refractivity contribution in [3.63, 3.8) is 0 Å². The van der Waals surface area contributed by atoms with Gasteiger partial charge in [0.25, 0.3) is 0 Å². The summed E-state index contributed by atoms with van der Waals surface area (Å²) < 4.78 is 4.82. The third-order valence-electron chi connectivity index (χ3n) is 3.90. The van der Waals surface area contributed by atoms with Gasteiger partial charge in [0, 0.05) is 18.5 Å². The van der Waals surface area contributed by atoms with E-state index in [2.05, 4.69) is 21.2 Å². The monoisotopic (exact) mass is 271 g/mol. The Morgan fingerprint density at radius 2 is 2.05 bits per heavy atom. The number of anilines is 1. The van der Waals surface area contributed by atoms with E-state index in [1.807, 2.05) is 18.2 Å². The fourth-order valence-electron chi connectivity index (χ4n) is 2.77. The van der Waals surface area contributed by atoms with Gasteiger partial charge in [0.05, 0.1) is 30.4 Å². The zero-order valence-corrected chi connectivity index (χ0v) is 11.5. The predicted molar refractivity (Wildman–Crippen MR) is 76.5 cm³/mol. The van der Waals surface area contributed by atoms with Gasteiger partial charge in [-0.05, 0) is 18.9 Å². The number of carbonyl (C=O) groups excluding carboxylic acids is 1. The predicted octanol–water partition coefficient (Wildman–Crippen LogP) is 2.02. The molecule has 104 valence electrons. The Kier molecular flexibility index (Phi) is 3.50. The van der Waals surface area contributed by atoms with Crippen LogP contribution in [0.2, 0.25) is 0 Å². The average molecular weight is 271 g/mol. The van der Waals surface area contributed by atoms with Crippen molar-refractivity contribution in [2.45, 2.75) is 12.8 Å². The molecule has 1 aliphatic rings. The average Bonchev–Trinajstić information content (AvgIpc) is 2.54. The van der Waals surface area contributed by atoms with Gasteiger partial charge >= 0.3 is 5.97 Å². The molecule has 0 atom stereocenters. The van der Waals surface area contributed by atoms with Crippen molar-refractivity contribution >= 4 is 22.6 Å². The molecule has 1 aliphatic heterocycles. The van der Waals surface area contributed by atoms with Crippen LogP contribution < -0.4 is 4.90 Å². The van der Waals surface area contributed by atoms with Crippen LogP contribution >= 0.6 is 0 Å². The van der Waals surface area contributed by atoms with Crippen molar-refractivity contribution in [3.8, 4) is 0 Å². The highest BCUT2D eigenvalue weighted by molar-refractivity contribution is 5.90. The van der Waals surface area contributed by atoms with Crippen molar-refractivity contribution in [2.75, 3.05) is 25.1 Å². The highest BCUT2D eigenvalue weighted by Gasteiger charge is 2.26. The Labute approximate surface area is 117 Å². The first-order valence-corrected chi connectivity index (χ1v) is 6.83. The van der Waals surface area contributed by atoms with E-state index in [4.69, 9.17) is 4.74 Å². The SMILES string of the molecule is COC(=O)C1CCN(c2cnnc3ccccc23)CC1. The maximum atomic E-state index is 11.6. The third-order valence-corrected chi connectivity index (χ3v) is 3.90. The van der Waals surface area contributed by atoms with Gasteiger partial charge < -0.3 is 9.64 Å². The molecule has 1 fully saturated rings. The standard InChI is InChI=1S/C15H17N3O2/c1-20-15(19)11-6-8-18(9-7-11)14-10-16-17-13-5-3-2-4-12(13)14/h2-5,10-11H,6-9H2,1H3. The van der Waals surface area contributed by atoms with Crippen molar-refractivity contribution in [2.24, 2.45) is 5.92 Å². The van der Waals surface area contributed by atoms with Crippen LogP contribution in [0.4, 0.5) is 5.69 Å². The largest absolute Gasteiger partial charge is 0.469 e. The van der Waals surface area contributed by atoms with E-state index in [1.165, 1.54) is 7.11 Å². The summed E-state index contributed by atoms with van der Waals surface area (Å²) in [7, 11) is 1.45. The van der Waals surface area contributed by atoms with E-state index in [9.17, 15) is 4.79 Å². The minimum absolute atomic E-state index is 0.0253. The second-order valence-electron chi connectivity index (χ2n) is 5.03. The molecule has 1 aromatic heterocycles. The number of ether oxygens (including phenoxy) is 1. The maximum absolute atomic E-state index is 11.6. The lowest BCUT2D eigenvalue weighted by atomic mass is 9.96. The fourth-order valence-corrected chi connectivity index (χ4v) is 2.77. The van der Waals surface area contributed by atoms with Gasteiger partial charge in [-0.15, -0.1) is 0 Å². The molecular weight excluding hydrogens is 254 g/mol. The number of nitrogens with zero attached hydrogens (tertiary/aromatic N) is 3. The highest BCUT2D eigenvalue weighted by Crippen LogP contribution is 2.28. The molecule has 0 bridgehead atoms. The van der Waals surface area contributed by atoms with E-state index in [1.54, 1.807) is 6.20 Å². The van der Waals surface area contributed by atoms with Crippen LogP contribution in [0.25, 0.3) is 10.9 Å². The van der Waals surface area contributed by atoms with Crippen LogP contribution in [-0.2, 0) is 9.53 Å². The van der Waals surface area contributed by atoms with Crippen LogP contribution in [0.5, 0.6) is 0 Å². The summed E-state index contributed by atoms with van der Waals surface area (Å²) in [4.78, 5) is 13.8. The molecular formula is C15H17N3O2. The van der Waals surface area contributed by atoms with Gasteiger partial charge in [-0.2, -0.15) is 10.2 Å². The molecule has 20 heavy (non-hydrogen) atoms. The molecule has 5 heteroatoms. The van der Waals surface area contributed by atoms with Crippen LogP contribution in [0.15, 0.2) is 30.5 Å². The fraction of sp³-hybridized carbons (Fsp3) is 0.400. The Balaban J connectivity index is 1.82. The molecule has 1 saturated heterocycles. The third kappa shape index (κ3) is 2.31. The topological polar surface area (TPSA) is 55.3 Å². The number of aromatic nitrogens is 2. The summed E-state index contributed by atoms with van der Waals surface area (Å²) in [5.74, 6) is -0.0697. The molecule has 2 aromatic rings. The molecule has 0 saturated carbocycles. The molecule has 0 radical (unpaired) electrons. The van der Waals surface area contributed by atoms with Crippen LogP contribution in [0.1, 0.15) is 12.8 Å². The van der Waals surface area contributed by atoms with E-state index in [0.29, 0.717) is 0 Å². The Hall–Kier alpha value is -2.17. The number of esters is 1. The summed E-state index contributed by atoms with van der Waals surface area (Å²) in [5, 5.41) is 9.33. The van der Waals surface area contributed by atoms with E-state index in [-0.39, 0.29) is 11.9 Å². The first-order chi connectivity index (χ1) is 9.79. The summed E-state index contributed by atoms with van der Waals surface area (Å²) in [6.45, 7) is 1.69. The number of rotatable bonds is 2. The van der Waals surface area contributed by atoms with Crippen molar-refractivity contribution < 1.29 is 9.53 Å². The minimum atomic E-state index is -0.0950. The van der Waals surface area contributed by atoms with Crippen molar-refractivity contribution in [1.29, 1.82) is 0 Å². The summed E-state index contributed by atoms with van der Waals surface area (Å²) >= 11 is 0. The molecule has 0 spiro atoms. The first-order valence-electron chi connectivity index (χ1n) is 6.83. The lowest BCUT2D eigenvalue weighted by molar-refractivity contribution is -0.146. The van der Waals surface area contributed by atoms with Crippen LogP contribution in [0, 0.1) is 5.92 Å². The van der Waals surface area contributed by atoms with Gasteiger partial charge in [-0.3, -0.25) is 4.79 Å².